The second kappa shape index (κ2) is 6.93. The molecule has 0 aromatic carbocycles. The van der Waals surface area contributed by atoms with E-state index < -0.39 is 0 Å². The molecule has 0 aromatic rings. The lowest BCUT2D eigenvalue weighted by molar-refractivity contribution is -0.134. The predicted octanol–water partition coefficient (Wildman–Crippen LogP) is 2.48. The lowest BCUT2D eigenvalue weighted by atomic mass is 9.95. The smallest absolute Gasteiger partial charge is 0.226 e. The van der Waals surface area contributed by atoms with Gasteiger partial charge >= 0.3 is 0 Å². The fourth-order valence-corrected chi connectivity index (χ4v) is 3.14. The number of hydrogen-bond donors (Lipinski definition) is 1. The number of allylic oxidation sites excluding steroid dienone is 1. The average Bonchev–Trinajstić information content (AvgIpc) is 2.41. The third-order valence-corrected chi connectivity index (χ3v) is 4.15. The predicted molar refractivity (Wildman–Crippen MR) is 74.4 cm³/mol. The summed E-state index contributed by atoms with van der Waals surface area (Å²) in [6, 6.07) is 0.417. The van der Waals surface area contributed by atoms with Crippen molar-refractivity contribution in [3.05, 3.63) is 11.6 Å². The number of likely N-dealkylation sites (N-methyl/N-ethyl adjacent to an activating group) is 1. The molecule has 1 heterocycles. The van der Waals surface area contributed by atoms with Crippen LogP contribution in [0.1, 0.15) is 51.4 Å². The molecule has 1 atom stereocenters. The Bertz CT molecular complexity index is 310. The summed E-state index contributed by atoms with van der Waals surface area (Å²) in [5.74, 6) is 0.350. The van der Waals surface area contributed by atoms with Gasteiger partial charge in [-0.1, -0.05) is 11.6 Å². The van der Waals surface area contributed by atoms with Gasteiger partial charge in [0.2, 0.25) is 5.91 Å². The summed E-state index contributed by atoms with van der Waals surface area (Å²) in [5, 5.41) is 3.22. The minimum atomic E-state index is 0.350. The van der Waals surface area contributed by atoms with E-state index in [1.165, 1.54) is 37.7 Å². The summed E-state index contributed by atoms with van der Waals surface area (Å²) in [6.45, 7) is 1.89. The largest absolute Gasteiger partial charge is 0.338 e. The Hall–Kier alpha value is -0.830. The Balaban J connectivity index is 1.91. The molecule has 0 aromatic heterocycles. The van der Waals surface area contributed by atoms with Crippen LogP contribution in [0, 0.1) is 0 Å². The van der Waals surface area contributed by atoms with E-state index in [2.05, 4.69) is 16.3 Å². The van der Waals surface area contributed by atoms with Crippen LogP contribution in [0.5, 0.6) is 0 Å². The molecule has 2 aliphatic rings. The van der Waals surface area contributed by atoms with Crippen LogP contribution in [0.2, 0.25) is 0 Å². The molecule has 0 spiro atoms. The monoisotopic (exact) mass is 250 g/mol. The first-order valence-electron chi connectivity index (χ1n) is 7.43. The van der Waals surface area contributed by atoms with E-state index in [0.29, 0.717) is 18.4 Å². The van der Waals surface area contributed by atoms with Gasteiger partial charge in [0.05, 0.1) is 0 Å². The maximum absolute atomic E-state index is 12.4. The quantitative estimate of drug-likeness (QED) is 0.777. The molecule has 0 bridgehead atoms. The van der Waals surface area contributed by atoms with Crippen LogP contribution < -0.4 is 5.32 Å². The third kappa shape index (κ3) is 3.58. The second-order valence-corrected chi connectivity index (χ2v) is 5.58. The normalized spacial score (nSPS) is 24.8. The number of rotatable bonds is 4. The van der Waals surface area contributed by atoms with Crippen LogP contribution in [0.4, 0.5) is 0 Å². The molecule has 1 saturated heterocycles. The fraction of sp³-hybridized carbons (Fsp3) is 0.800. The second-order valence-electron chi connectivity index (χ2n) is 5.58. The third-order valence-electron chi connectivity index (χ3n) is 4.15. The van der Waals surface area contributed by atoms with Gasteiger partial charge < -0.3 is 10.2 Å². The number of nitrogens with zero attached hydrogens (tertiary/aromatic N) is 1. The van der Waals surface area contributed by atoms with Crippen molar-refractivity contribution in [2.75, 3.05) is 20.1 Å². The molecule has 0 saturated carbocycles. The minimum absolute atomic E-state index is 0.350. The van der Waals surface area contributed by atoms with E-state index >= 15 is 0 Å². The van der Waals surface area contributed by atoms with E-state index in [1.54, 1.807) is 0 Å². The van der Waals surface area contributed by atoms with Crippen LogP contribution in [0.15, 0.2) is 11.6 Å². The molecular weight excluding hydrogens is 224 g/mol. The maximum Gasteiger partial charge on any atom is 0.226 e. The first-order chi connectivity index (χ1) is 8.81. The molecule has 2 rings (SSSR count). The molecule has 18 heavy (non-hydrogen) atoms. The molecule has 1 fully saturated rings. The number of carbonyl (C=O) groups is 1. The van der Waals surface area contributed by atoms with Crippen molar-refractivity contribution in [2.45, 2.75) is 57.4 Å². The van der Waals surface area contributed by atoms with Gasteiger partial charge in [0.15, 0.2) is 0 Å². The van der Waals surface area contributed by atoms with E-state index in [1.807, 2.05) is 7.05 Å². The van der Waals surface area contributed by atoms with Crippen molar-refractivity contribution in [3.63, 3.8) is 0 Å². The molecule has 1 aliphatic carbocycles. The first kappa shape index (κ1) is 13.6. The van der Waals surface area contributed by atoms with Gasteiger partial charge in [-0.25, -0.2) is 0 Å². The summed E-state index contributed by atoms with van der Waals surface area (Å²) in [5.41, 5.74) is 1.38. The molecule has 1 unspecified atom stereocenters. The van der Waals surface area contributed by atoms with Crippen molar-refractivity contribution < 1.29 is 4.79 Å². The van der Waals surface area contributed by atoms with Crippen LogP contribution in [0.3, 0.4) is 0 Å². The molecule has 1 aliphatic heterocycles. The lowest BCUT2D eigenvalue weighted by Crippen LogP contribution is -2.48. The highest BCUT2D eigenvalue weighted by Crippen LogP contribution is 2.23. The van der Waals surface area contributed by atoms with E-state index in [-0.39, 0.29) is 0 Å². The number of nitrogens with one attached hydrogen (secondary N) is 1. The number of amides is 1. The minimum Gasteiger partial charge on any atom is -0.338 e. The van der Waals surface area contributed by atoms with E-state index in [0.717, 1.165) is 25.9 Å². The Morgan fingerprint density at radius 3 is 3.00 bits per heavy atom. The van der Waals surface area contributed by atoms with Crippen molar-refractivity contribution in [2.24, 2.45) is 0 Å². The summed E-state index contributed by atoms with van der Waals surface area (Å²) < 4.78 is 0. The highest BCUT2D eigenvalue weighted by molar-refractivity contribution is 5.79. The maximum atomic E-state index is 12.4. The SMILES string of the molecule is CNCC1CCCCN1C(=O)CC1=CCCCC1. The van der Waals surface area contributed by atoms with Gasteiger partial charge in [-0.05, 0) is 52.0 Å². The van der Waals surface area contributed by atoms with Crippen molar-refractivity contribution >= 4 is 5.91 Å². The van der Waals surface area contributed by atoms with Gasteiger partial charge in [0.25, 0.3) is 0 Å². The van der Waals surface area contributed by atoms with Crippen molar-refractivity contribution in [1.82, 2.24) is 10.2 Å². The number of piperidine rings is 1. The van der Waals surface area contributed by atoms with Gasteiger partial charge in [-0.3, -0.25) is 4.79 Å². The highest BCUT2D eigenvalue weighted by Gasteiger charge is 2.26. The lowest BCUT2D eigenvalue weighted by Gasteiger charge is -2.36. The summed E-state index contributed by atoms with van der Waals surface area (Å²) in [6.07, 6.45) is 11.4. The van der Waals surface area contributed by atoms with Crippen LogP contribution in [0.25, 0.3) is 0 Å². The summed E-state index contributed by atoms with van der Waals surface area (Å²) in [7, 11) is 1.97. The fourth-order valence-electron chi connectivity index (χ4n) is 3.14. The molecular formula is C15H26N2O. The topological polar surface area (TPSA) is 32.3 Å². The van der Waals surface area contributed by atoms with E-state index in [9.17, 15) is 4.79 Å². The van der Waals surface area contributed by atoms with Gasteiger partial charge in [-0.2, -0.15) is 0 Å². The Morgan fingerprint density at radius 1 is 1.39 bits per heavy atom. The zero-order chi connectivity index (χ0) is 12.8. The van der Waals surface area contributed by atoms with Gasteiger partial charge in [0, 0.05) is 25.6 Å². The number of carbonyl (C=O) groups excluding carboxylic acids is 1. The van der Waals surface area contributed by atoms with Crippen LogP contribution in [-0.4, -0.2) is 37.0 Å². The van der Waals surface area contributed by atoms with Crippen LogP contribution in [-0.2, 0) is 4.79 Å². The highest BCUT2D eigenvalue weighted by atomic mass is 16.2. The van der Waals surface area contributed by atoms with Crippen molar-refractivity contribution in [1.29, 1.82) is 0 Å². The molecule has 3 nitrogen and oxygen atoms in total. The molecule has 3 heteroatoms. The zero-order valence-electron chi connectivity index (χ0n) is 11.6. The number of likely N-dealkylation sites (tertiary alicyclic amines) is 1. The summed E-state index contributed by atoms with van der Waals surface area (Å²) in [4.78, 5) is 14.5. The average molecular weight is 250 g/mol. The molecule has 0 radical (unpaired) electrons. The Morgan fingerprint density at radius 2 is 2.28 bits per heavy atom. The van der Waals surface area contributed by atoms with Crippen LogP contribution >= 0.6 is 0 Å². The standard InChI is InChI=1S/C15H26N2O/c1-16-12-14-9-5-6-10-17(14)15(18)11-13-7-3-2-4-8-13/h7,14,16H,2-6,8-12H2,1H3. The Labute approximate surface area is 111 Å². The number of hydrogen-bond acceptors (Lipinski definition) is 2. The summed E-state index contributed by atoms with van der Waals surface area (Å²) >= 11 is 0. The Kier molecular flexibility index (Phi) is 5.24. The first-order valence-corrected chi connectivity index (χ1v) is 7.43. The zero-order valence-corrected chi connectivity index (χ0v) is 11.6. The molecule has 1 N–H and O–H groups in total. The molecule has 102 valence electrons. The van der Waals surface area contributed by atoms with Gasteiger partial charge in [-0.15, -0.1) is 0 Å². The van der Waals surface area contributed by atoms with Gasteiger partial charge in [0.1, 0.15) is 0 Å². The van der Waals surface area contributed by atoms with E-state index in [4.69, 9.17) is 0 Å². The molecule has 1 amide bonds. The van der Waals surface area contributed by atoms with Crippen molar-refractivity contribution in [3.8, 4) is 0 Å².